The summed E-state index contributed by atoms with van der Waals surface area (Å²) in [6.07, 6.45) is 6.78. The number of terminal acetylenes is 1. The fourth-order valence-corrected chi connectivity index (χ4v) is 0.817. The van der Waals surface area contributed by atoms with Crippen LogP contribution in [0, 0.1) is 12.3 Å². The molecule has 0 spiro atoms. The lowest BCUT2D eigenvalue weighted by Crippen LogP contribution is -2.09. The Morgan fingerprint density at radius 3 is 1.86 bits per heavy atom. The van der Waals surface area contributed by atoms with Crippen molar-refractivity contribution in [2.45, 2.75) is 19.8 Å². The Morgan fingerprint density at radius 2 is 1.36 bits per heavy atom. The monoisotopic (exact) mass is 200 g/mol. The highest BCUT2D eigenvalue weighted by Crippen LogP contribution is 1.84. The predicted molar refractivity (Wildman–Crippen MR) is 56.2 cm³/mol. The standard InChI is InChI=1S/C11H20O3/c1-3-5-7-13-9-11-14-10-8-12-6-4-2/h1H,4-11H2,2H3. The molecule has 0 rings (SSSR count). The molecule has 0 N–H and O–H groups in total. The van der Waals surface area contributed by atoms with Crippen molar-refractivity contribution in [1.29, 1.82) is 0 Å². The Morgan fingerprint density at radius 1 is 0.857 bits per heavy atom. The van der Waals surface area contributed by atoms with E-state index in [1.807, 2.05) is 0 Å². The molecule has 3 heteroatoms. The topological polar surface area (TPSA) is 27.7 Å². The van der Waals surface area contributed by atoms with Gasteiger partial charge in [0.05, 0.1) is 33.0 Å². The maximum absolute atomic E-state index is 5.26. The van der Waals surface area contributed by atoms with E-state index >= 15 is 0 Å². The Balaban J connectivity index is 2.82. The quantitative estimate of drug-likeness (QED) is 0.395. The van der Waals surface area contributed by atoms with E-state index in [4.69, 9.17) is 20.6 Å². The van der Waals surface area contributed by atoms with Gasteiger partial charge in [-0.3, -0.25) is 0 Å². The number of ether oxygens (including phenoxy) is 3. The van der Waals surface area contributed by atoms with Gasteiger partial charge in [-0.15, -0.1) is 12.3 Å². The molecule has 3 nitrogen and oxygen atoms in total. The van der Waals surface area contributed by atoms with Crippen molar-refractivity contribution in [3.05, 3.63) is 0 Å². The van der Waals surface area contributed by atoms with Crippen molar-refractivity contribution < 1.29 is 14.2 Å². The average molecular weight is 200 g/mol. The molecule has 0 saturated carbocycles. The summed E-state index contributed by atoms with van der Waals surface area (Å²) in [5.41, 5.74) is 0. The first-order chi connectivity index (χ1) is 6.91. The normalized spacial score (nSPS) is 10.0. The van der Waals surface area contributed by atoms with Gasteiger partial charge in [0.2, 0.25) is 0 Å². The van der Waals surface area contributed by atoms with Gasteiger partial charge in [-0.2, -0.15) is 0 Å². The second-order valence-corrected chi connectivity index (χ2v) is 2.79. The lowest BCUT2D eigenvalue weighted by Gasteiger charge is -2.05. The van der Waals surface area contributed by atoms with Crippen LogP contribution in [0.25, 0.3) is 0 Å². The van der Waals surface area contributed by atoms with Crippen molar-refractivity contribution in [3.8, 4) is 12.3 Å². The molecule has 0 aromatic heterocycles. The van der Waals surface area contributed by atoms with Gasteiger partial charge in [-0.25, -0.2) is 0 Å². The summed E-state index contributed by atoms with van der Waals surface area (Å²) >= 11 is 0. The molecule has 82 valence electrons. The van der Waals surface area contributed by atoms with Crippen molar-refractivity contribution >= 4 is 0 Å². The van der Waals surface area contributed by atoms with E-state index in [0.29, 0.717) is 39.5 Å². The van der Waals surface area contributed by atoms with Crippen LogP contribution < -0.4 is 0 Å². The molecule has 0 heterocycles. The smallest absolute Gasteiger partial charge is 0.0701 e. The summed E-state index contributed by atoms with van der Waals surface area (Å²) < 4.78 is 15.7. The van der Waals surface area contributed by atoms with Crippen LogP contribution in [-0.4, -0.2) is 39.6 Å². The average Bonchev–Trinajstić information content (AvgIpc) is 2.21. The molecule has 0 aliphatic heterocycles. The third-order valence-corrected chi connectivity index (χ3v) is 1.48. The minimum atomic E-state index is 0.607. The third kappa shape index (κ3) is 11.4. The van der Waals surface area contributed by atoms with Gasteiger partial charge < -0.3 is 14.2 Å². The minimum Gasteiger partial charge on any atom is -0.379 e. The predicted octanol–water partition coefficient (Wildman–Crippen LogP) is 1.47. The van der Waals surface area contributed by atoms with E-state index in [2.05, 4.69) is 12.8 Å². The van der Waals surface area contributed by atoms with Crippen LogP contribution in [0.4, 0.5) is 0 Å². The van der Waals surface area contributed by atoms with Gasteiger partial charge in [-0.05, 0) is 6.42 Å². The molecule has 0 fully saturated rings. The highest BCUT2D eigenvalue weighted by atomic mass is 16.5. The Hall–Kier alpha value is -0.560. The molecule has 0 radical (unpaired) electrons. The second kappa shape index (κ2) is 12.4. The summed E-state index contributed by atoms with van der Waals surface area (Å²) in [5.74, 6) is 2.51. The van der Waals surface area contributed by atoms with Gasteiger partial charge in [-0.1, -0.05) is 6.92 Å². The Labute approximate surface area is 86.7 Å². The zero-order valence-electron chi connectivity index (χ0n) is 8.96. The first-order valence-corrected chi connectivity index (χ1v) is 5.08. The van der Waals surface area contributed by atoms with Crippen LogP contribution in [0.1, 0.15) is 19.8 Å². The van der Waals surface area contributed by atoms with Crippen LogP contribution >= 0.6 is 0 Å². The molecule has 0 unspecified atom stereocenters. The fraction of sp³-hybridized carbons (Fsp3) is 0.818. The van der Waals surface area contributed by atoms with E-state index in [1.54, 1.807) is 0 Å². The molecule has 0 aliphatic rings. The lowest BCUT2D eigenvalue weighted by atomic mass is 10.5. The largest absolute Gasteiger partial charge is 0.379 e. The van der Waals surface area contributed by atoms with Crippen LogP contribution in [0.15, 0.2) is 0 Å². The highest BCUT2D eigenvalue weighted by Gasteiger charge is 1.89. The molecule has 0 aromatic rings. The van der Waals surface area contributed by atoms with E-state index in [9.17, 15) is 0 Å². The summed E-state index contributed by atoms with van der Waals surface area (Å²) in [7, 11) is 0. The van der Waals surface area contributed by atoms with Crippen LogP contribution in [-0.2, 0) is 14.2 Å². The Bertz CT molecular complexity index is 140. The fourth-order valence-electron chi connectivity index (χ4n) is 0.817. The molecule has 0 amide bonds. The first-order valence-electron chi connectivity index (χ1n) is 5.08. The molecule has 0 saturated heterocycles. The van der Waals surface area contributed by atoms with Crippen molar-refractivity contribution in [3.63, 3.8) is 0 Å². The Kier molecular flexibility index (Phi) is 11.9. The maximum Gasteiger partial charge on any atom is 0.0701 e. The first kappa shape index (κ1) is 13.4. The van der Waals surface area contributed by atoms with Gasteiger partial charge in [0, 0.05) is 13.0 Å². The van der Waals surface area contributed by atoms with E-state index in [-0.39, 0.29) is 0 Å². The molecule has 0 atom stereocenters. The van der Waals surface area contributed by atoms with Crippen molar-refractivity contribution in [1.82, 2.24) is 0 Å². The van der Waals surface area contributed by atoms with Gasteiger partial charge in [0.25, 0.3) is 0 Å². The minimum absolute atomic E-state index is 0.607. The lowest BCUT2D eigenvalue weighted by molar-refractivity contribution is 0.0157. The maximum atomic E-state index is 5.26. The van der Waals surface area contributed by atoms with Gasteiger partial charge in [0.15, 0.2) is 0 Å². The van der Waals surface area contributed by atoms with E-state index in [0.717, 1.165) is 13.0 Å². The number of hydrogen-bond acceptors (Lipinski definition) is 3. The molecular weight excluding hydrogens is 180 g/mol. The molecular formula is C11H20O3. The van der Waals surface area contributed by atoms with Gasteiger partial charge in [0.1, 0.15) is 0 Å². The zero-order valence-corrected chi connectivity index (χ0v) is 8.96. The molecule has 0 aliphatic carbocycles. The molecule has 0 bridgehead atoms. The summed E-state index contributed by atoms with van der Waals surface area (Å²) in [4.78, 5) is 0. The van der Waals surface area contributed by atoms with Crippen molar-refractivity contribution in [2.75, 3.05) is 39.6 Å². The SMILES string of the molecule is C#CCCOCCOCCOCCC. The van der Waals surface area contributed by atoms with Gasteiger partial charge >= 0.3 is 0 Å². The summed E-state index contributed by atoms with van der Waals surface area (Å²) in [6.45, 7) is 6.03. The van der Waals surface area contributed by atoms with Crippen molar-refractivity contribution in [2.24, 2.45) is 0 Å². The number of rotatable bonds is 10. The summed E-state index contributed by atoms with van der Waals surface area (Å²) in [5, 5.41) is 0. The zero-order chi connectivity index (χ0) is 10.5. The third-order valence-electron chi connectivity index (χ3n) is 1.48. The van der Waals surface area contributed by atoms with Crippen LogP contribution in [0.3, 0.4) is 0 Å². The van der Waals surface area contributed by atoms with Crippen LogP contribution in [0.2, 0.25) is 0 Å². The molecule has 0 aromatic carbocycles. The summed E-state index contributed by atoms with van der Waals surface area (Å²) in [6, 6.07) is 0. The number of hydrogen-bond donors (Lipinski definition) is 0. The van der Waals surface area contributed by atoms with E-state index in [1.165, 1.54) is 0 Å². The van der Waals surface area contributed by atoms with E-state index < -0.39 is 0 Å². The second-order valence-electron chi connectivity index (χ2n) is 2.79. The molecule has 14 heavy (non-hydrogen) atoms. The highest BCUT2D eigenvalue weighted by molar-refractivity contribution is 4.82. The van der Waals surface area contributed by atoms with Crippen LogP contribution in [0.5, 0.6) is 0 Å².